The lowest BCUT2D eigenvalue weighted by atomic mass is 10.1. The van der Waals surface area contributed by atoms with Crippen molar-refractivity contribution in [3.63, 3.8) is 0 Å². The number of anilines is 1. The standard InChI is InChI=1S/C12H14BrNO3/c1-8-7-17-5-4-14(8)11-3-2-9(13)6-10(11)12(15)16/h2-3,6,8H,4-5,7H2,1H3,(H,15,16). The highest BCUT2D eigenvalue weighted by atomic mass is 79.9. The minimum Gasteiger partial charge on any atom is -0.478 e. The van der Waals surface area contributed by atoms with Crippen molar-refractivity contribution in [2.75, 3.05) is 24.7 Å². The van der Waals surface area contributed by atoms with Crippen LogP contribution in [-0.2, 0) is 4.74 Å². The van der Waals surface area contributed by atoms with Gasteiger partial charge in [-0.15, -0.1) is 0 Å². The first-order valence-electron chi connectivity index (χ1n) is 5.47. The van der Waals surface area contributed by atoms with Crippen LogP contribution in [0.15, 0.2) is 22.7 Å². The molecule has 5 heteroatoms. The maximum atomic E-state index is 11.2. The van der Waals surface area contributed by atoms with Crippen LogP contribution in [0, 0.1) is 0 Å². The van der Waals surface area contributed by atoms with E-state index in [0.717, 1.165) is 16.7 Å². The smallest absolute Gasteiger partial charge is 0.337 e. The number of hydrogen-bond acceptors (Lipinski definition) is 3. The zero-order valence-corrected chi connectivity index (χ0v) is 11.1. The number of carbonyl (C=O) groups is 1. The number of benzene rings is 1. The molecule has 1 unspecified atom stereocenters. The van der Waals surface area contributed by atoms with E-state index in [4.69, 9.17) is 4.74 Å². The second-order valence-electron chi connectivity index (χ2n) is 4.08. The van der Waals surface area contributed by atoms with Gasteiger partial charge in [0.15, 0.2) is 0 Å². The number of ether oxygens (including phenoxy) is 1. The van der Waals surface area contributed by atoms with Crippen LogP contribution in [0.2, 0.25) is 0 Å². The minimum absolute atomic E-state index is 0.197. The van der Waals surface area contributed by atoms with Crippen LogP contribution in [-0.4, -0.2) is 36.9 Å². The van der Waals surface area contributed by atoms with Crippen molar-refractivity contribution in [2.45, 2.75) is 13.0 Å². The van der Waals surface area contributed by atoms with Crippen LogP contribution in [0.5, 0.6) is 0 Å². The Labute approximate surface area is 108 Å². The number of carboxylic acid groups (broad SMARTS) is 1. The van der Waals surface area contributed by atoms with Crippen LogP contribution in [0.1, 0.15) is 17.3 Å². The van der Waals surface area contributed by atoms with Crippen molar-refractivity contribution in [3.05, 3.63) is 28.2 Å². The Kier molecular flexibility index (Phi) is 3.69. The summed E-state index contributed by atoms with van der Waals surface area (Å²) in [4.78, 5) is 13.3. The molecule has 1 atom stereocenters. The number of aromatic carboxylic acids is 1. The average Bonchev–Trinajstić information content (AvgIpc) is 2.30. The van der Waals surface area contributed by atoms with Gasteiger partial charge in [0.1, 0.15) is 0 Å². The van der Waals surface area contributed by atoms with Crippen molar-refractivity contribution >= 4 is 27.6 Å². The lowest BCUT2D eigenvalue weighted by Crippen LogP contribution is -2.44. The van der Waals surface area contributed by atoms with Crippen LogP contribution < -0.4 is 4.90 Å². The molecule has 0 radical (unpaired) electrons. The summed E-state index contributed by atoms with van der Waals surface area (Å²) in [7, 11) is 0. The zero-order valence-electron chi connectivity index (χ0n) is 9.52. The molecule has 92 valence electrons. The first-order valence-corrected chi connectivity index (χ1v) is 6.26. The summed E-state index contributed by atoms with van der Waals surface area (Å²) >= 11 is 3.30. The highest BCUT2D eigenvalue weighted by molar-refractivity contribution is 9.10. The molecule has 1 aliphatic heterocycles. The van der Waals surface area contributed by atoms with Crippen LogP contribution in [0.25, 0.3) is 0 Å². The molecule has 0 spiro atoms. The predicted molar refractivity (Wildman–Crippen MR) is 68.7 cm³/mol. The predicted octanol–water partition coefficient (Wildman–Crippen LogP) is 2.37. The van der Waals surface area contributed by atoms with Gasteiger partial charge in [0, 0.05) is 17.1 Å². The molecule has 0 bridgehead atoms. The summed E-state index contributed by atoms with van der Waals surface area (Å²) in [5.74, 6) is -0.903. The molecular formula is C12H14BrNO3. The Balaban J connectivity index is 2.39. The van der Waals surface area contributed by atoms with Crippen LogP contribution in [0.3, 0.4) is 0 Å². The number of rotatable bonds is 2. The molecule has 1 aromatic carbocycles. The van der Waals surface area contributed by atoms with E-state index >= 15 is 0 Å². The molecule has 0 aliphatic carbocycles. The van der Waals surface area contributed by atoms with E-state index in [9.17, 15) is 9.90 Å². The molecule has 0 amide bonds. The molecule has 1 aliphatic rings. The number of hydrogen-bond donors (Lipinski definition) is 1. The van der Waals surface area contributed by atoms with Gasteiger partial charge in [-0.05, 0) is 25.1 Å². The topological polar surface area (TPSA) is 49.8 Å². The highest BCUT2D eigenvalue weighted by Crippen LogP contribution is 2.27. The molecule has 2 rings (SSSR count). The molecule has 1 heterocycles. The monoisotopic (exact) mass is 299 g/mol. The van der Waals surface area contributed by atoms with Gasteiger partial charge in [-0.3, -0.25) is 0 Å². The third-order valence-electron chi connectivity index (χ3n) is 2.87. The van der Waals surface area contributed by atoms with Gasteiger partial charge in [-0.25, -0.2) is 4.79 Å². The second kappa shape index (κ2) is 5.06. The first-order chi connectivity index (χ1) is 8.09. The maximum absolute atomic E-state index is 11.2. The van der Waals surface area contributed by atoms with Gasteiger partial charge in [-0.2, -0.15) is 0 Å². The lowest BCUT2D eigenvalue weighted by Gasteiger charge is -2.36. The molecule has 1 fully saturated rings. The first kappa shape index (κ1) is 12.4. The minimum atomic E-state index is -0.903. The molecule has 1 saturated heterocycles. The Morgan fingerprint density at radius 3 is 3.00 bits per heavy atom. The summed E-state index contributed by atoms with van der Waals surface area (Å²) < 4.78 is 6.14. The number of morpholine rings is 1. The number of nitrogens with zero attached hydrogens (tertiary/aromatic N) is 1. The highest BCUT2D eigenvalue weighted by Gasteiger charge is 2.23. The molecule has 17 heavy (non-hydrogen) atoms. The Bertz CT molecular complexity index is 436. The van der Waals surface area contributed by atoms with E-state index in [1.165, 1.54) is 0 Å². The van der Waals surface area contributed by atoms with E-state index in [-0.39, 0.29) is 6.04 Å². The fourth-order valence-corrected chi connectivity index (χ4v) is 2.38. The molecule has 0 aromatic heterocycles. The van der Waals surface area contributed by atoms with E-state index in [2.05, 4.69) is 20.8 Å². The molecule has 1 aromatic rings. The molecule has 0 saturated carbocycles. The van der Waals surface area contributed by atoms with E-state index < -0.39 is 5.97 Å². The molecular weight excluding hydrogens is 286 g/mol. The average molecular weight is 300 g/mol. The molecule has 4 nitrogen and oxygen atoms in total. The fourth-order valence-electron chi connectivity index (χ4n) is 2.02. The maximum Gasteiger partial charge on any atom is 0.337 e. The van der Waals surface area contributed by atoms with Gasteiger partial charge in [0.25, 0.3) is 0 Å². The van der Waals surface area contributed by atoms with Crippen molar-refractivity contribution in [3.8, 4) is 0 Å². The van der Waals surface area contributed by atoms with Crippen LogP contribution in [0.4, 0.5) is 5.69 Å². The van der Waals surface area contributed by atoms with E-state index in [1.54, 1.807) is 6.07 Å². The summed E-state index contributed by atoms with van der Waals surface area (Å²) in [6.45, 7) is 4.03. The SMILES string of the molecule is CC1COCCN1c1ccc(Br)cc1C(=O)O. The third kappa shape index (κ3) is 2.61. The fraction of sp³-hybridized carbons (Fsp3) is 0.417. The van der Waals surface area contributed by atoms with Gasteiger partial charge in [0.2, 0.25) is 0 Å². The van der Waals surface area contributed by atoms with Gasteiger partial charge in [0.05, 0.1) is 24.5 Å². The van der Waals surface area contributed by atoms with Crippen molar-refractivity contribution in [1.29, 1.82) is 0 Å². The van der Waals surface area contributed by atoms with Crippen molar-refractivity contribution in [1.82, 2.24) is 0 Å². The summed E-state index contributed by atoms with van der Waals surface area (Å²) in [6, 6.07) is 5.54. The van der Waals surface area contributed by atoms with Crippen molar-refractivity contribution < 1.29 is 14.6 Å². The van der Waals surface area contributed by atoms with Gasteiger partial charge in [-0.1, -0.05) is 15.9 Å². The van der Waals surface area contributed by atoms with Gasteiger partial charge < -0.3 is 14.7 Å². The Morgan fingerprint density at radius 1 is 1.59 bits per heavy atom. The number of carboxylic acids is 1. The summed E-state index contributed by atoms with van der Waals surface area (Å²) in [6.07, 6.45) is 0. The normalized spacial score (nSPS) is 20.4. The van der Waals surface area contributed by atoms with E-state index in [0.29, 0.717) is 18.8 Å². The Hall–Kier alpha value is -1.07. The van der Waals surface area contributed by atoms with E-state index in [1.807, 2.05) is 19.1 Å². The lowest BCUT2D eigenvalue weighted by molar-refractivity contribution is 0.0694. The zero-order chi connectivity index (χ0) is 12.4. The third-order valence-corrected chi connectivity index (χ3v) is 3.36. The largest absolute Gasteiger partial charge is 0.478 e. The molecule has 1 N–H and O–H groups in total. The quantitative estimate of drug-likeness (QED) is 0.911. The van der Waals surface area contributed by atoms with Crippen molar-refractivity contribution in [2.24, 2.45) is 0 Å². The van der Waals surface area contributed by atoms with Gasteiger partial charge >= 0.3 is 5.97 Å². The summed E-state index contributed by atoms with van der Waals surface area (Å²) in [5.41, 5.74) is 1.09. The Morgan fingerprint density at radius 2 is 2.35 bits per heavy atom. The second-order valence-corrected chi connectivity index (χ2v) is 5.00. The number of halogens is 1. The summed E-state index contributed by atoms with van der Waals surface area (Å²) in [5, 5.41) is 9.23. The van der Waals surface area contributed by atoms with Crippen LogP contribution >= 0.6 is 15.9 Å².